The van der Waals surface area contributed by atoms with Gasteiger partial charge in [0, 0.05) is 37.7 Å². The van der Waals surface area contributed by atoms with Crippen molar-refractivity contribution in [3.8, 4) is 0 Å². The van der Waals surface area contributed by atoms with Crippen molar-refractivity contribution in [3.05, 3.63) is 0 Å². The van der Waals surface area contributed by atoms with Gasteiger partial charge in [-0.15, -0.1) is 0 Å². The molecule has 0 fully saturated rings. The maximum absolute atomic E-state index is 10.1. The summed E-state index contributed by atoms with van der Waals surface area (Å²) in [4.78, 5) is 20.2. The number of aliphatic hydroxyl groups excluding tert-OH is 10. The molecule has 0 amide bonds. The molecule has 0 spiro atoms. The standard InChI is InChI=1S/2C6H12O7.Ca.H2O/c2*7-1-2(8)3(9)4(10)5(11)6(12)13;;/h2*2-5,7-11H,1H2,(H,12,13);;1H2. The Morgan fingerprint density at radius 1 is 0.571 bits per heavy atom. The maximum atomic E-state index is 10.1. The predicted molar refractivity (Wildman–Crippen MR) is 86.9 cm³/mol. The first kappa shape index (κ1) is 35.2. The summed E-state index contributed by atoms with van der Waals surface area (Å²) in [5.74, 6) is -3.45. The Morgan fingerprint density at radius 3 is 0.929 bits per heavy atom. The quantitative estimate of drug-likeness (QED) is 0.138. The van der Waals surface area contributed by atoms with Crippen LogP contribution in [0.5, 0.6) is 0 Å². The van der Waals surface area contributed by atoms with Gasteiger partial charge in [0.2, 0.25) is 0 Å². The molecule has 0 heterocycles. The first-order valence-corrected chi connectivity index (χ1v) is 6.95. The predicted octanol–water partition coefficient (Wildman–Crippen LogP) is -8.19. The Hall–Kier alpha value is -0.240. The average molecular weight is 450 g/mol. The van der Waals surface area contributed by atoms with E-state index in [1.165, 1.54) is 0 Å². The molecule has 0 rings (SSSR count). The molecule has 166 valence electrons. The third-order valence-electron chi connectivity index (χ3n) is 3.02. The second-order valence-electron chi connectivity index (χ2n) is 5.03. The molecule has 8 atom stereocenters. The van der Waals surface area contributed by atoms with Crippen LogP contribution in [0.25, 0.3) is 0 Å². The first-order valence-electron chi connectivity index (χ1n) is 6.95. The fourth-order valence-electron chi connectivity index (χ4n) is 1.34. The van der Waals surface area contributed by atoms with Gasteiger partial charge in [0.05, 0.1) is 13.2 Å². The molecule has 0 saturated heterocycles. The van der Waals surface area contributed by atoms with E-state index in [4.69, 9.17) is 61.3 Å². The molecular formula is C12H26CaO15. The zero-order valence-electron chi connectivity index (χ0n) is 14.4. The van der Waals surface area contributed by atoms with Gasteiger partial charge in [-0.05, 0) is 0 Å². The van der Waals surface area contributed by atoms with E-state index in [-0.39, 0.29) is 43.2 Å². The number of aliphatic hydroxyl groups is 10. The topological polar surface area (TPSA) is 308 Å². The molecule has 2 radical (unpaired) electrons. The molecule has 16 heteroatoms. The number of hydrogen-bond acceptors (Lipinski definition) is 12. The van der Waals surface area contributed by atoms with Gasteiger partial charge < -0.3 is 66.8 Å². The molecule has 0 bridgehead atoms. The van der Waals surface area contributed by atoms with Crippen molar-refractivity contribution in [2.24, 2.45) is 0 Å². The molecule has 15 nitrogen and oxygen atoms in total. The molecule has 0 aliphatic heterocycles. The monoisotopic (exact) mass is 450 g/mol. The van der Waals surface area contributed by atoms with E-state index >= 15 is 0 Å². The number of rotatable bonds is 10. The molecule has 0 aliphatic carbocycles. The number of aliphatic carboxylic acids is 2. The Balaban J connectivity index is -0.000000192. The Kier molecular flexibility index (Phi) is 22.1. The average Bonchev–Trinajstić information content (AvgIpc) is 2.62. The Bertz CT molecular complexity index is 386. The maximum Gasteiger partial charge on any atom is 0.335 e. The van der Waals surface area contributed by atoms with Crippen LogP contribution in [-0.2, 0) is 9.59 Å². The minimum absolute atomic E-state index is 0. The van der Waals surface area contributed by atoms with Crippen molar-refractivity contribution < 1.29 is 76.3 Å². The Labute approximate surface area is 187 Å². The molecule has 8 unspecified atom stereocenters. The summed E-state index contributed by atoms with van der Waals surface area (Å²) < 4.78 is 0. The third kappa shape index (κ3) is 12.3. The van der Waals surface area contributed by atoms with Gasteiger partial charge in [-0.3, -0.25) is 0 Å². The van der Waals surface area contributed by atoms with Gasteiger partial charge in [0.25, 0.3) is 0 Å². The van der Waals surface area contributed by atoms with Crippen LogP contribution in [0.2, 0.25) is 0 Å². The van der Waals surface area contributed by atoms with Crippen molar-refractivity contribution in [2.75, 3.05) is 13.2 Å². The summed E-state index contributed by atoms with van der Waals surface area (Å²) >= 11 is 0. The normalized spacial score (nSPS) is 18.9. The minimum Gasteiger partial charge on any atom is -0.479 e. The summed E-state index contributed by atoms with van der Waals surface area (Å²) in [6.07, 6.45) is -15.7. The number of carboxylic acids is 2. The van der Waals surface area contributed by atoms with Crippen LogP contribution in [-0.4, -0.2) is 178 Å². The van der Waals surface area contributed by atoms with Crippen molar-refractivity contribution in [1.82, 2.24) is 0 Å². The zero-order chi connectivity index (χ0) is 21.2. The van der Waals surface area contributed by atoms with Crippen LogP contribution >= 0.6 is 0 Å². The van der Waals surface area contributed by atoms with E-state index in [9.17, 15) is 9.59 Å². The summed E-state index contributed by atoms with van der Waals surface area (Å²) in [5.41, 5.74) is 0. The molecule has 0 saturated carbocycles. The number of hydrogen-bond donors (Lipinski definition) is 12. The van der Waals surface area contributed by atoms with Gasteiger partial charge in [0.15, 0.2) is 12.2 Å². The van der Waals surface area contributed by atoms with E-state index in [1.54, 1.807) is 0 Å². The molecule has 14 N–H and O–H groups in total. The summed E-state index contributed by atoms with van der Waals surface area (Å²) in [6.45, 7) is -1.69. The van der Waals surface area contributed by atoms with E-state index in [0.29, 0.717) is 0 Å². The third-order valence-corrected chi connectivity index (χ3v) is 3.02. The smallest absolute Gasteiger partial charge is 0.335 e. The van der Waals surface area contributed by atoms with E-state index in [2.05, 4.69) is 0 Å². The van der Waals surface area contributed by atoms with E-state index in [0.717, 1.165) is 0 Å². The van der Waals surface area contributed by atoms with Crippen LogP contribution in [0.15, 0.2) is 0 Å². The largest absolute Gasteiger partial charge is 0.479 e. The minimum atomic E-state index is -2.20. The van der Waals surface area contributed by atoms with Crippen LogP contribution in [0.3, 0.4) is 0 Å². The fraction of sp³-hybridized carbons (Fsp3) is 0.833. The van der Waals surface area contributed by atoms with Crippen LogP contribution in [0, 0.1) is 0 Å². The second-order valence-corrected chi connectivity index (χ2v) is 5.03. The molecule has 0 aromatic rings. The van der Waals surface area contributed by atoms with Gasteiger partial charge in [0.1, 0.15) is 36.6 Å². The Morgan fingerprint density at radius 2 is 0.786 bits per heavy atom. The van der Waals surface area contributed by atoms with Crippen molar-refractivity contribution >= 4 is 49.7 Å². The van der Waals surface area contributed by atoms with Crippen LogP contribution in [0.1, 0.15) is 0 Å². The van der Waals surface area contributed by atoms with E-state index < -0.39 is 74.0 Å². The number of carboxylic acid groups (broad SMARTS) is 2. The van der Waals surface area contributed by atoms with Crippen molar-refractivity contribution in [1.29, 1.82) is 0 Å². The molecule has 28 heavy (non-hydrogen) atoms. The zero-order valence-corrected chi connectivity index (χ0v) is 16.6. The van der Waals surface area contributed by atoms with Gasteiger partial charge in [-0.25, -0.2) is 9.59 Å². The SMILES string of the molecule is O.O=C(O)C(O)C(O)C(O)C(O)CO.O=C(O)C(O)C(O)C(O)C(O)CO.[Ca]. The van der Waals surface area contributed by atoms with E-state index in [1.807, 2.05) is 0 Å². The summed E-state index contributed by atoms with van der Waals surface area (Å²) in [6, 6.07) is 0. The first-order chi connectivity index (χ1) is 11.8. The van der Waals surface area contributed by atoms with Gasteiger partial charge >= 0.3 is 11.9 Å². The fourth-order valence-corrected chi connectivity index (χ4v) is 1.34. The number of carbonyl (C=O) groups is 2. The van der Waals surface area contributed by atoms with Crippen molar-refractivity contribution in [2.45, 2.75) is 48.8 Å². The van der Waals surface area contributed by atoms with Crippen LogP contribution in [0.4, 0.5) is 0 Å². The van der Waals surface area contributed by atoms with Gasteiger partial charge in [-0.1, -0.05) is 0 Å². The molecule has 0 aromatic heterocycles. The van der Waals surface area contributed by atoms with Gasteiger partial charge in [-0.2, -0.15) is 0 Å². The summed E-state index contributed by atoms with van der Waals surface area (Å²) in [7, 11) is 0. The summed E-state index contributed by atoms with van der Waals surface area (Å²) in [5, 5.41) is 104. The van der Waals surface area contributed by atoms with Crippen LogP contribution < -0.4 is 0 Å². The van der Waals surface area contributed by atoms with Crippen molar-refractivity contribution in [3.63, 3.8) is 0 Å². The molecule has 0 aliphatic rings. The molecular weight excluding hydrogens is 424 g/mol. The molecule has 0 aromatic carbocycles. The second kappa shape index (κ2) is 17.6.